The first-order valence-electron chi connectivity index (χ1n) is 5.67. The zero-order valence-corrected chi connectivity index (χ0v) is 13.7. The van der Waals surface area contributed by atoms with E-state index < -0.39 is 20.7 Å². The van der Waals surface area contributed by atoms with E-state index in [0.717, 1.165) is 17.7 Å². The highest BCUT2D eigenvalue weighted by atomic mass is 79.9. The number of halogens is 3. The minimum atomic E-state index is -4.13. The van der Waals surface area contributed by atoms with Crippen molar-refractivity contribution >= 4 is 37.6 Å². The maximum absolute atomic E-state index is 13.7. The highest BCUT2D eigenvalue weighted by Crippen LogP contribution is 2.31. The third kappa shape index (κ3) is 3.94. The van der Waals surface area contributed by atoms with Crippen molar-refractivity contribution in [2.75, 3.05) is 0 Å². The molecule has 0 amide bonds. The van der Waals surface area contributed by atoms with Crippen molar-refractivity contribution in [2.24, 2.45) is 5.14 Å². The topological polar surface area (TPSA) is 69.4 Å². The standard InChI is InChI=1S/C13H10BrClFNO3S/c14-9-5-13(21(17,18)19)11(16)6-12(9)20-7-8-3-1-2-4-10(8)15/h1-6H,7H2,(H2,17,18,19). The summed E-state index contributed by atoms with van der Waals surface area (Å²) in [6.07, 6.45) is 0. The molecule has 0 fully saturated rings. The molecule has 112 valence electrons. The Morgan fingerprint density at radius 2 is 1.95 bits per heavy atom. The normalized spacial score (nSPS) is 11.4. The van der Waals surface area contributed by atoms with Gasteiger partial charge in [-0.25, -0.2) is 17.9 Å². The first-order valence-corrected chi connectivity index (χ1v) is 8.39. The minimum absolute atomic E-state index is 0.117. The predicted molar refractivity (Wildman–Crippen MR) is 81.3 cm³/mol. The van der Waals surface area contributed by atoms with Gasteiger partial charge in [-0.1, -0.05) is 29.8 Å². The van der Waals surface area contributed by atoms with Crippen molar-refractivity contribution in [3.63, 3.8) is 0 Å². The van der Waals surface area contributed by atoms with Crippen molar-refractivity contribution in [3.8, 4) is 5.75 Å². The summed E-state index contributed by atoms with van der Waals surface area (Å²) in [5.74, 6) is -0.824. The van der Waals surface area contributed by atoms with Crippen LogP contribution in [0.1, 0.15) is 5.56 Å². The molecule has 0 aliphatic carbocycles. The number of hydrogen-bond donors (Lipinski definition) is 1. The molecule has 0 saturated heterocycles. The van der Waals surface area contributed by atoms with E-state index in [9.17, 15) is 12.8 Å². The second-order valence-electron chi connectivity index (χ2n) is 4.14. The lowest BCUT2D eigenvalue weighted by Crippen LogP contribution is -2.14. The zero-order chi connectivity index (χ0) is 15.6. The summed E-state index contributed by atoms with van der Waals surface area (Å²) in [7, 11) is -4.13. The maximum atomic E-state index is 13.7. The average Bonchev–Trinajstić information content (AvgIpc) is 2.39. The molecule has 0 aliphatic heterocycles. The van der Waals surface area contributed by atoms with Gasteiger partial charge in [-0.3, -0.25) is 0 Å². The van der Waals surface area contributed by atoms with Gasteiger partial charge in [-0.05, 0) is 28.1 Å². The fourth-order valence-corrected chi connectivity index (χ4v) is 3.02. The van der Waals surface area contributed by atoms with Crippen LogP contribution in [-0.2, 0) is 16.6 Å². The summed E-state index contributed by atoms with van der Waals surface area (Å²) in [4.78, 5) is -0.598. The second-order valence-corrected chi connectivity index (χ2v) is 6.93. The van der Waals surface area contributed by atoms with Gasteiger partial charge in [-0.15, -0.1) is 0 Å². The van der Waals surface area contributed by atoms with Crippen molar-refractivity contribution < 1.29 is 17.5 Å². The lowest BCUT2D eigenvalue weighted by molar-refractivity contribution is 0.302. The number of hydrogen-bond acceptors (Lipinski definition) is 3. The molecule has 0 heterocycles. The lowest BCUT2D eigenvalue weighted by Gasteiger charge is -2.11. The lowest BCUT2D eigenvalue weighted by atomic mass is 10.2. The largest absolute Gasteiger partial charge is 0.488 e. The Balaban J connectivity index is 2.26. The van der Waals surface area contributed by atoms with Crippen LogP contribution >= 0.6 is 27.5 Å². The summed E-state index contributed by atoms with van der Waals surface area (Å²) in [5, 5.41) is 5.44. The van der Waals surface area contributed by atoms with Crippen molar-refractivity contribution in [2.45, 2.75) is 11.5 Å². The molecule has 0 saturated carbocycles. The van der Waals surface area contributed by atoms with Crippen LogP contribution in [-0.4, -0.2) is 8.42 Å². The SMILES string of the molecule is NS(=O)(=O)c1cc(Br)c(OCc2ccccc2Cl)cc1F. The molecule has 0 bridgehead atoms. The third-order valence-electron chi connectivity index (χ3n) is 2.63. The van der Waals surface area contributed by atoms with Crippen molar-refractivity contribution in [1.82, 2.24) is 0 Å². The van der Waals surface area contributed by atoms with Crippen LogP contribution in [0.3, 0.4) is 0 Å². The van der Waals surface area contributed by atoms with Gasteiger partial charge in [0.15, 0.2) is 0 Å². The zero-order valence-electron chi connectivity index (χ0n) is 10.5. The molecule has 2 N–H and O–H groups in total. The fourth-order valence-electron chi connectivity index (χ4n) is 1.61. The quantitative estimate of drug-likeness (QED) is 0.863. The first-order chi connectivity index (χ1) is 9.79. The van der Waals surface area contributed by atoms with E-state index in [4.69, 9.17) is 21.5 Å². The number of sulfonamides is 1. The van der Waals surface area contributed by atoms with E-state index in [1.165, 1.54) is 0 Å². The van der Waals surface area contributed by atoms with E-state index in [2.05, 4.69) is 15.9 Å². The highest BCUT2D eigenvalue weighted by Gasteiger charge is 2.18. The molecule has 0 aromatic heterocycles. The van der Waals surface area contributed by atoms with Gasteiger partial charge >= 0.3 is 0 Å². The molecule has 2 aromatic rings. The summed E-state index contributed by atoms with van der Waals surface area (Å²) >= 11 is 9.11. The van der Waals surface area contributed by atoms with E-state index in [0.29, 0.717) is 5.02 Å². The summed E-state index contributed by atoms with van der Waals surface area (Å²) < 4.78 is 41.9. The summed E-state index contributed by atoms with van der Waals surface area (Å²) in [6.45, 7) is 0.117. The van der Waals surface area contributed by atoms with Gasteiger partial charge in [0.1, 0.15) is 23.1 Å². The smallest absolute Gasteiger partial charge is 0.241 e. The van der Waals surface area contributed by atoms with E-state index in [1.54, 1.807) is 24.3 Å². The predicted octanol–water partition coefficient (Wildman–Crippen LogP) is 3.47. The maximum Gasteiger partial charge on any atom is 0.241 e. The number of benzene rings is 2. The Morgan fingerprint density at radius 3 is 2.57 bits per heavy atom. The molecule has 0 atom stereocenters. The third-order valence-corrected chi connectivity index (χ3v) is 4.55. The highest BCUT2D eigenvalue weighted by molar-refractivity contribution is 9.10. The number of rotatable bonds is 4. The van der Waals surface area contributed by atoms with E-state index in [-0.39, 0.29) is 16.8 Å². The molecule has 0 spiro atoms. The molecule has 0 unspecified atom stereocenters. The van der Waals surface area contributed by atoms with E-state index in [1.807, 2.05) is 0 Å². The van der Waals surface area contributed by atoms with Crippen LogP contribution in [0.5, 0.6) is 5.75 Å². The Hall–Kier alpha value is -1.15. The van der Waals surface area contributed by atoms with Crippen molar-refractivity contribution in [3.05, 3.63) is 57.3 Å². The molecule has 21 heavy (non-hydrogen) atoms. The number of nitrogens with two attached hydrogens (primary N) is 1. The second kappa shape index (κ2) is 6.31. The van der Waals surface area contributed by atoms with Gasteiger partial charge in [0, 0.05) is 16.7 Å². The molecule has 8 heteroatoms. The van der Waals surface area contributed by atoms with Gasteiger partial charge in [0.05, 0.1) is 4.47 Å². The van der Waals surface area contributed by atoms with Crippen LogP contribution in [0.4, 0.5) is 4.39 Å². The average molecular weight is 395 g/mol. The molecular weight excluding hydrogens is 385 g/mol. The number of ether oxygens (including phenoxy) is 1. The Morgan fingerprint density at radius 1 is 1.29 bits per heavy atom. The molecule has 2 rings (SSSR count). The Labute approximate surface area is 134 Å². The molecule has 2 aromatic carbocycles. The fraction of sp³-hybridized carbons (Fsp3) is 0.0769. The monoisotopic (exact) mass is 393 g/mol. The molecule has 0 radical (unpaired) electrons. The van der Waals surface area contributed by atoms with Crippen LogP contribution in [0.2, 0.25) is 5.02 Å². The van der Waals surface area contributed by atoms with Gasteiger partial charge in [0.2, 0.25) is 10.0 Å². The van der Waals surface area contributed by atoms with Crippen LogP contribution in [0.25, 0.3) is 0 Å². The molecular formula is C13H10BrClFNO3S. The van der Waals surface area contributed by atoms with Crippen LogP contribution in [0.15, 0.2) is 45.8 Å². The Bertz CT molecular complexity index is 783. The summed E-state index contributed by atoms with van der Waals surface area (Å²) in [6, 6.07) is 9.07. The Kier molecular flexibility index (Phi) is 4.88. The minimum Gasteiger partial charge on any atom is -0.488 e. The molecule has 4 nitrogen and oxygen atoms in total. The number of primary sulfonamides is 1. The van der Waals surface area contributed by atoms with Crippen LogP contribution in [0, 0.1) is 5.82 Å². The van der Waals surface area contributed by atoms with Crippen molar-refractivity contribution in [1.29, 1.82) is 0 Å². The van der Waals surface area contributed by atoms with E-state index >= 15 is 0 Å². The van der Waals surface area contributed by atoms with Crippen LogP contribution < -0.4 is 9.88 Å². The van der Waals surface area contributed by atoms with Gasteiger partial charge < -0.3 is 4.74 Å². The van der Waals surface area contributed by atoms with Gasteiger partial charge in [-0.2, -0.15) is 0 Å². The summed E-state index contributed by atoms with van der Waals surface area (Å²) in [5.41, 5.74) is 0.724. The molecule has 0 aliphatic rings. The van der Waals surface area contributed by atoms with Gasteiger partial charge in [0.25, 0.3) is 0 Å². The first kappa shape index (κ1) is 16.2.